The molecule has 266 valence electrons. The highest BCUT2D eigenvalue weighted by Gasteiger charge is 2.46. The van der Waals surface area contributed by atoms with Crippen LogP contribution in [0.2, 0.25) is 0 Å². The smallest absolute Gasteiger partial charge is 0.160 e. The SMILES string of the molecule is CC(C)c1ccc(-c2ccc(-c3cc(-c4ccc5c(c4)-c4ccccc4C5(c4ccccc4)c4ccccc4)nc(-c4ccccc4)n3)cc2)c(C(C)C)n1. The van der Waals surface area contributed by atoms with Crippen molar-refractivity contribution in [1.82, 2.24) is 15.0 Å². The lowest BCUT2D eigenvalue weighted by Gasteiger charge is -2.33. The van der Waals surface area contributed by atoms with Crippen LogP contribution < -0.4 is 0 Å². The Morgan fingerprint density at radius 2 is 0.927 bits per heavy atom. The van der Waals surface area contributed by atoms with Gasteiger partial charge in [-0.1, -0.05) is 185 Å². The van der Waals surface area contributed by atoms with Gasteiger partial charge in [-0.2, -0.15) is 0 Å². The van der Waals surface area contributed by atoms with E-state index in [4.69, 9.17) is 15.0 Å². The molecular weight excluding hydrogens is 667 g/mol. The molecule has 6 aromatic carbocycles. The zero-order valence-corrected chi connectivity index (χ0v) is 31.7. The molecule has 8 aromatic rings. The third-order valence-corrected chi connectivity index (χ3v) is 11.1. The van der Waals surface area contributed by atoms with E-state index in [2.05, 4.69) is 185 Å². The number of hydrogen-bond donors (Lipinski definition) is 0. The van der Waals surface area contributed by atoms with Gasteiger partial charge in [-0.15, -0.1) is 0 Å². The number of benzene rings is 6. The Hall–Kier alpha value is -6.45. The van der Waals surface area contributed by atoms with E-state index in [1.54, 1.807) is 0 Å². The van der Waals surface area contributed by atoms with Gasteiger partial charge in [-0.05, 0) is 69.0 Å². The zero-order valence-electron chi connectivity index (χ0n) is 31.7. The number of pyridine rings is 1. The summed E-state index contributed by atoms with van der Waals surface area (Å²) in [5.74, 6) is 1.41. The van der Waals surface area contributed by atoms with Crippen LogP contribution in [0.4, 0.5) is 0 Å². The lowest BCUT2D eigenvalue weighted by Crippen LogP contribution is -2.28. The van der Waals surface area contributed by atoms with Crippen molar-refractivity contribution in [3.05, 3.63) is 210 Å². The van der Waals surface area contributed by atoms with Crippen molar-refractivity contribution in [2.75, 3.05) is 0 Å². The molecule has 2 aromatic heterocycles. The van der Waals surface area contributed by atoms with Crippen LogP contribution in [0.25, 0.3) is 56.2 Å². The van der Waals surface area contributed by atoms with Crippen LogP contribution in [0.5, 0.6) is 0 Å². The van der Waals surface area contributed by atoms with Gasteiger partial charge >= 0.3 is 0 Å². The Morgan fingerprint density at radius 3 is 1.56 bits per heavy atom. The summed E-state index contributed by atoms with van der Waals surface area (Å²) >= 11 is 0. The van der Waals surface area contributed by atoms with Crippen molar-refractivity contribution >= 4 is 0 Å². The number of hydrogen-bond acceptors (Lipinski definition) is 3. The van der Waals surface area contributed by atoms with Gasteiger partial charge < -0.3 is 0 Å². The number of fused-ring (bicyclic) bond motifs is 3. The van der Waals surface area contributed by atoms with E-state index in [-0.39, 0.29) is 0 Å². The molecule has 3 nitrogen and oxygen atoms in total. The van der Waals surface area contributed by atoms with Crippen LogP contribution in [-0.4, -0.2) is 15.0 Å². The molecule has 0 unspecified atom stereocenters. The monoisotopic (exact) mass is 709 g/mol. The Morgan fingerprint density at radius 1 is 0.382 bits per heavy atom. The fourth-order valence-electron chi connectivity index (χ4n) is 8.38. The maximum absolute atomic E-state index is 5.23. The fraction of sp³-hybridized carbons (Fsp3) is 0.135. The zero-order chi connectivity index (χ0) is 37.5. The van der Waals surface area contributed by atoms with E-state index < -0.39 is 5.41 Å². The van der Waals surface area contributed by atoms with Crippen LogP contribution in [0.3, 0.4) is 0 Å². The van der Waals surface area contributed by atoms with Gasteiger partial charge in [0.15, 0.2) is 5.82 Å². The van der Waals surface area contributed by atoms with E-state index in [1.807, 2.05) is 18.2 Å². The first-order valence-corrected chi connectivity index (χ1v) is 19.3. The molecule has 0 atom stereocenters. The summed E-state index contributed by atoms with van der Waals surface area (Å²) < 4.78 is 0. The second-order valence-electron chi connectivity index (χ2n) is 15.2. The predicted octanol–water partition coefficient (Wildman–Crippen LogP) is 13.1. The minimum absolute atomic E-state index is 0.316. The van der Waals surface area contributed by atoms with Gasteiger partial charge in [0.2, 0.25) is 0 Å². The minimum Gasteiger partial charge on any atom is -0.257 e. The van der Waals surface area contributed by atoms with Gasteiger partial charge in [0.1, 0.15) is 0 Å². The summed E-state index contributed by atoms with van der Waals surface area (Å²) in [5, 5.41) is 0. The number of nitrogens with zero attached hydrogens (tertiary/aromatic N) is 3. The Labute approximate surface area is 324 Å². The molecule has 3 heteroatoms. The average molecular weight is 710 g/mol. The highest BCUT2D eigenvalue weighted by atomic mass is 14.9. The van der Waals surface area contributed by atoms with Crippen molar-refractivity contribution in [2.24, 2.45) is 0 Å². The van der Waals surface area contributed by atoms with Crippen molar-refractivity contribution in [3.63, 3.8) is 0 Å². The first-order chi connectivity index (χ1) is 26.9. The predicted molar refractivity (Wildman–Crippen MR) is 227 cm³/mol. The van der Waals surface area contributed by atoms with Gasteiger partial charge in [0.05, 0.1) is 22.5 Å². The molecular formula is C52H43N3. The minimum atomic E-state index is -0.444. The van der Waals surface area contributed by atoms with Crippen LogP contribution in [-0.2, 0) is 5.41 Å². The maximum atomic E-state index is 5.23. The molecule has 0 radical (unpaired) electrons. The fourth-order valence-corrected chi connectivity index (χ4v) is 8.38. The molecule has 0 spiro atoms. The largest absolute Gasteiger partial charge is 0.257 e. The van der Waals surface area contributed by atoms with Crippen molar-refractivity contribution in [1.29, 1.82) is 0 Å². The standard InChI is InChI=1S/C52H43N3/c1-34(2)47-31-29-42(50(53-47)35(3)4)36-24-26-37(27-25-36)48-33-49(55-51(54-48)38-16-8-5-9-17-38)39-28-30-46-44(32-39)43-22-14-15-23-45(43)52(46,40-18-10-6-11-19-40)41-20-12-7-13-21-41/h5-35H,1-4H3. The van der Waals surface area contributed by atoms with Crippen molar-refractivity contribution in [2.45, 2.75) is 44.9 Å². The van der Waals surface area contributed by atoms with Gasteiger partial charge in [-0.3, -0.25) is 4.98 Å². The quantitative estimate of drug-likeness (QED) is 0.158. The van der Waals surface area contributed by atoms with Crippen LogP contribution in [0.1, 0.15) is 73.2 Å². The van der Waals surface area contributed by atoms with Gasteiger partial charge in [-0.25, -0.2) is 9.97 Å². The second kappa shape index (κ2) is 14.1. The third kappa shape index (κ3) is 5.97. The molecule has 0 bridgehead atoms. The Balaban J connectivity index is 1.19. The number of rotatable bonds is 8. The summed E-state index contributed by atoms with van der Waals surface area (Å²) in [6, 6.07) is 63.3. The number of aromatic nitrogens is 3. The molecule has 2 heterocycles. The van der Waals surface area contributed by atoms with E-state index in [0.717, 1.165) is 45.0 Å². The second-order valence-corrected chi connectivity index (χ2v) is 15.2. The highest BCUT2D eigenvalue weighted by Crippen LogP contribution is 2.56. The summed E-state index contributed by atoms with van der Waals surface area (Å²) in [4.78, 5) is 15.5. The van der Waals surface area contributed by atoms with Crippen LogP contribution in [0.15, 0.2) is 176 Å². The summed E-state index contributed by atoms with van der Waals surface area (Å²) in [7, 11) is 0. The summed E-state index contributed by atoms with van der Waals surface area (Å²) in [6.07, 6.45) is 0. The summed E-state index contributed by atoms with van der Waals surface area (Å²) in [6.45, 7) is 8.84. The van der Waals surface area contributed by atoms with Gasteiger partial charge in [0.25, 0.3) is 0 Å². The molecule has 1 aliphatic carbocycles. The van der Waals surface area contributed by atoms with Crippen LogP contribution in [0, 0.1) is 0 Å². The average Bonchev–Trinajstić information content (AvgIpc) is 3.54. The third-order valence-electron chi connectivity index (χ3n) is 11.1. The summed E-state index contributed by atoms with van der Waals surface area (Å²) in [5.41, 5.74) is 16.6. The Bertz CT molecular complexity index is 2590. The molecule has 0 saturated heterocycles. The first kappa shape index (κ1) is 34.3. The van der Waals surface area contributed by atoms with Crippen molar-refractivity contribution < 1.29 is 0 Å². The van der Waals surface area contributed by atoms with E-state index in [0.29, 0.717) is 17.7 Å². The lowest BCUT2D eigenvalue weighted by molar-refractivity contribution is 0.767. The molecule has 0 N–H and O–H groups in total. The molecule has 0 fully saturated rings. The first-order valence-electron chi connectivity index (χ1n) is 19.3. The molecule has 55 heavy (non-hydrogen) atoms. The van der Waals surface area contributed by atoms with Crippen LogP contribution >= 0.6 is 0 Å². The van der Waals surface area contributed by atoms with E-state index >= 15 is 0 Å². The lowest BCUT2D eigenvalue weighted by atomic mass is 9.67. The van der Waals surface area contributed by atoms with E-state index in [9.17, 15) is 0 Å². The molecule has 9 rings (SSSR count). The van der Waals surface area contributed by atoms with Crippen molar-refractivity contribution in [3.8, 4) is 56.2 Å². The molecule has 0 amide bonds. The van der Waals surface area contributed by atoms with Gasteiger partial charge in [0, 0.05) is 27.9 Å². The maximum Gasteiger partial charge on any atom is 0.160 e. The van der Waals surface area contributed by atoms with E-state index in [1.165, 1.54) is 38.9 Å². The highest BCUT2D eigenvalue weighted by molar-refractivity contribution is 5.89. The Kier molecular flexibility index (Phi) is 8.79. The topological polar surface area (TPSA) is 38.7 Å². The molecule has 0 aliphatic heterocycles. The molecule has 0 saturated carbocycles. The molecule has 1 aliphatic rings. The normalized spacial score (nSPS) is 12.8.